The van der Waals surface area contributed by atoms with Gasteiger partial charge in [-0.1, -0.05) is 18.2 Å². The van der Waals surface area contributed by atoms with Crippen LogP contribution in [-0.4, -0.2) is 46.3 Å². The second-order valence-corrected chi connectivity index (χ2v) is 6.84. The first-order valence-electron chi connectivity index (χ1n) is 8.79. The van der Waals surface area contributed by atoms with Gasteiger partial charge in [-0.25, -0.2) is 8.78 Å². The molecule has 0 spiro atoms. The zero-order valence-corrected chi connectivity index (χ0v) is 15.3. The summed E-state index contributed by atoms with van der Waals surface area (Å²) in [6, 6.07) is 9.59. The first kappa shape index (κ1) is 18.4. The largest absolute Gasteiger partial charge is 0.367 e. The minimum absolute atomic E-state index is 0.00669. The molecule has 1 atom stereocenters. The highest BCUT2D eigenvalue weighted by atomic mass is 19.3. The van der Waals surface area contributed by atoms with Gasteiger partial charge in [-0.15, -0.1) is 0 Å². The topological polar surface area (TPSA) is 41.4 Å². The van der Waals surface area contributed by atoms with Crippen LogP contribution in [0, 0.1) is 13.8 Å². The average molecular weight is 362 g/mol. The Morgan fingerprint density at radius 1 is 1.27 bits per heavy atom. The number of hydrogen-bond donors (Lipinski definition) is 0. The third-order valence-corrected chi connectivity index (χ3v) is 4.91. The monoisotopic (exact) mass is 362 g/mol. The van der Waals surface area contributed by atoms with Crippen LogP contribution in [0.25, 0.3) is 0 Å². The highest BCUT2D eigenvalue weighted by Crippen LogP contribution is 2.23. The second-order valence-electron chi connectivity index (χ2n) is 6.84. The summed E-state index contributed by atoms with van der Waals surface area (Å²) < 4.78 is 26.9. The number of benzene rings is 1. The molecular formula is C19H24F2N4O. The van der Waals surface area contributed by atoms with Gasteiger partial charge in [0.2, 0.25) is 5.91 Å². The zero-order valence-electron chi connectivity index (χ0n) is 15.3. The summed E-state index contributed by atoms with van der Waals surface area (Å²) >= 11 is 0. The van der Waals surface area contributed by atoms with Crippen LogP contribution in [0.15, 0.2) is 30.3 Å². The maximum atomic E-state index is 12.8. The molecular weight excluding hydrogens is 338 g/mol. The lowest BCUT2D eigenvalue weighted by atomic mass is 10.1. The molecule has 7 heteroatoms. The first-order chi connectivity index (χ1) is 12.4. The number of piperazine rings is 1. The van der Waals surface area contributed by atoms with E-state index in [4.69, 9.17) is 0 Å². The van der Waals surface area contributed by atoms with E-state index in [2.05, 4.69) is 29.1 Å². The summed E-state index contributed by atoms with van der Waals surface area (Å²) in [5.41, 5.74) is 2.69. The minimum Gasteiger partial charge on any atom is -0.367 e. The number of amides is 1. The van der Waals surface area contributed by atoms with E-state index >= 15 is 0 Å². The van der Waals surface area contributed by atoms with Crippen molar-refractivity contribution in [2.24, 2.45) is 0 Å². The Morgan fingerprint density at radius 3 is 2.62 bits per heavy atom. The first-order valence-corrected chi connectivity index (χ1v) is 8.79. The summed E-state index contributed by atoms with van der Waals surface area (Å²) in [6.07, 6.45) is -2.62. The van der Waals surface area contributed by atoms with Gasteiger partial charge in [0.15, 0.2) is 0 Å². The number of nitrogens with zero attached hydrogens (tertiary/aromatic N) is 4. The lowest BCUT2D eigenvalue weighted by Crippen LogP contribution is -2.55. The molecule has 140 valence electrons. The number of anilines is 1. The quantitative estimate of drug-likeness (QED) is 0.839. The van der Waals surface area contributed by atoms with Crippen molar-refractivity contribution in [3.8, 4) is 0 Å². The lowest BCUT2D eigenvalue weighted by Gasteiger charge is -2.41. The Kier molecular flexibility index (Phi) is 5.25. The van der Waals surface area contributed by atoms with Crippen molar-refractivity contribution >= 4 is 11.6 Å². The van der Waals surface area contributed by atoms with Crippen LogP contribution < -0.4 is 4.90 Å². The van der Waals surface area contributed by atoms with Gasteiger partial charge in [0.05, 0.1) is 0 Å². The standard InChI is InChI=1S/C19H24F2N4O/c1-13-6-4-5-7-17(13)23-8-9-24(15(3)11-23)18(26)12-25-14(2)10-16(22-25)19(20)21/h4-7,10,15,19H,8-9,11-12H2,1-3H3/t15-/m1/s1. The van der Waals surface area contributed by atoms with Crippen molar-refractivity contribution in [2.75, 3.05) is 24.5 Å². The maximum Gasteiger partial charge on any atom is 0.282 e. The van der Waals surface area contributed by atoms with Gasteiger partial charge >= 0.3 is 0 Å². The van der Waals surface area contributed by atoms with Crippen LogP contribution in [0.1, 0.15) is 30.3 Å². The van der Waals surface area contributed by atoms with Crippen LogP contribution in [0.5, 0.6) is 0 Å². The van der Waals surface area contributed by atoms with Crippen LogP contribution in [0.2, 0.25) is 0 Å². The van der Waals surface area contributed by atoms with E-state index < -0.39 is 6.43 Å². The Hall–Kier alpha value is -2.44. The van der Waals surface area contributed by atoms with Gasteiger partial charge in [0.25, 0.3) is 6.43 Å². The highest BCUT2D eigenvalue weighted by molar-refractivity contribution is 5.76. The van der Waals surface area contributed by atoms with E-state index in [0.29, 0.717) is 12.2 Å². The van der Waals surface area contributed by atoms with Crippen molar-refractivity contribution in [1.82, 2.24) is 14.7 Å². The van der Waals surface area contributed by atoms with Crippen LogP contribution in [0.3, 0.4) is 0 Å². The van der Waals surface area contributed by atoms with Crippen molar-refractivity contribution in [3.63, 3.8) is 0 Å². The van der Waals surface area contributed by atoms with E-state index in [0.717, 1.165) is 13.1 Å². The third kappa shape index (κ3) is 3.71. The van der Waals surface area contributed by atoms with Crippen molar-refractivity contribution in [3.05, 3.63) is 47.3 Å². The van der Waals surface area contributed by atoms with E-state index in [1.807, 2.05) is 24.0 Å². The molecule has 5 nitrogen and oxygen atoms in total. The Bertz CT molecular complexity index is 790. The van der Waals surface area contributed by atoms with Gasteiger partial charge in [-0.05, 0) is 38.5 Å². The average Bonchev–Trinajstić information content (AvgIpc) is 2.96. The molecule has 1 amide bonds. The molecule has 0 radical (unpaired) electrons. The Balaban J connectivity index is 1.66. The summed E-state index contributed by atoms with van der Waals surface area (Å²) in [4.78, 5) is 16.8. The Labute approximate surface area is 152 Å². The fraction of sp³-hybridized carbons (Fsp3) is 0.474. The maximum absolute atomic E-state index is 12.8. The molecule has 1 aromatic heterocycles. The molecule has 2 aromatic rings. The number of aryl methyl sites for hydroxylation is 2. The molecule has 0 unspecified atom stereocenters. The molecule has 0 saturated carbocycles. The number of rotatable bonds is 4. The van der Waals surface area contributed by atoms with Crippen LogP contribution >= 0.6 is 0 Å². The number of alkyl halides is 2. The fourth-order valence-corrected chi connectivity index (χ4v) is 3.49. The fourth-order valence-electron chi connectivity index (χ4n) is 3.49. The molecule has 26 heavy (non-hydrogen) atoms. The summed E-state index contributed by atoms with van der Waals surface area (Å²) in [5.74, 6) is -0.0889. The van der Waals surface area contributed by atoms with Gasteiger partial charge in [-0.3, -0.25) is 9.48 Å². The number of halogens is 2. The number of aromatic nitrogens is 2. The van der Waals surface area contributed by atoms with Gasteiger partial charge in [-0.2, -0.15) is 5.10 Å². The predicted molar refractivity (Wildman–Crippen MR) is 96.5 cm³/mol. The van der Waals surface area contributed by atoms with Crippen LogP contribution in [-0.2, 0) is 11.3 Å². The van der Waals surface area contributed by atoms with E-state index in [-0.39, 0.29) is 24.2 Å². The van der Waals surface area contributed by atoms with Crippen molar-refractivity contribution in [1.29, 1.82) is 0 Å². The molecule has 1 aliphatic rings. The molecule has 1 fully saturated rings. The number of hydrogen-bond acceptors (Lipinski definition) is 3. The summed E-state index contributed by atoms with van der Waals surface area (Å²) in [7, 11) is 0. The van der Waals surface area contributed by atoms with E-state index in [1.165, 1.54) is 22.0 Å². The van der Waals surface area contributed by atoms with Crippen molar-refractivity contribution < 1.29 is 13.6 Å². The molecule has 0 aliphatic carbocycles. The summed E-state index contributed by atoms with van der Waals surface area (Å²) in [5, 5.41) is 3.85. The molecule has 0 N–H and O–H groups in total. The molecule has 2 heterocycles. The van der Waals surface area contributed by atoms with Gasteiger partial charge in [0.1, 0.15) is 12.2 Å². The van der Waals surface area contributed by atoms with Crippen LogP contribution in [0.4, 0.5) is 14.5 Å². The van der Waals surface area contributed by atoms with Crippen molar-refractivity contribution in [2.45, 2.75) is 39.8 Å². The number of carbonyl (C=O) groups is 1. The number of carbonyl (C=O) groups excluding carboxylic acids is 1. The lowest BCUT2D eigenvalue weighted by molar-refractivity contribution is -0.134. The molecule has 0 bridgehead atoms. The molecule has 1 saturated heterocycles. The number of para-hydroxylation sites is 1. The zero-order chi connectivity index (χ0) is 18.8. The smallest absolute Gasteiger partial charge is 0.282 e. The van der Waals surface area contributed by atoms with E-state index in [9.17, 15) is 13.6 Å². The normalized spacial score (nSPS) is 17.8. The van der Waals surface area contributed by atoms with Gasteiger partial charge in [0, 0.05) is 37.1 Å². The third-order valence-electron chi connectivity index (χ3n) is 4.91. The molecule has 1 aromatic carbocycles. The highest BCUT2D eigenvalue weighted by Gasteiger charge is 2.28. The summed E-state index contributed by atoms with van der Waals surface area (Å²) in [6.45, 7) is 7.88. The minimum atomic E-state index is -2.62. The van der Waals surface area contributed by atoms with E-state index in [1.54, 1.807) is 6.92 Å². The Morgan fingerprint density at radius 2 is 2.00 bits per heavy atom. The SMILES string of the molecule is Cc1ccccc1N1CCN(C(=O)Cn2nc(C(F)F)cc2C)[C@H](C)C1. The second kappa shape index (κ2) is 7.43. The predicted octanol–water partition coefficient (Wildman–Crippen LogP) is 3.17. The molecule has 1 aliphatic heterocycles. The van der Waals surface area contributed by atoms with Gasteiger partial charge < -0.3 is 9.80 Å². The molecule has 3 rings (SSSR count).